The summed E-state index contributed by atoms with van der Waals surface area (Å²) in [5.74, 6) is -2.54. The van der Waals surface area contributed by atoms with Gasteiger partial charge in [0, 0.05) is 13.1 Å². The Hall–Kier alpha value is -2.32. The van der Waals surface area contributed by atoms with Gasteiger partial charge in [0.1, 0.15) is 11.3 Å². The first-order chi connectivity index (χ1) is 9.20. The van der Waals surface area contributed by atoms with Crippen LogP contribution in [0, 0.1) is 5.92 Å². The molecule has 0 radical (unpaired) electrons. The highest BCUT2D eigenvalue weighted by atomic mass is 19.4. The molecule has 0 atom stereocenters. The molecule has 1 aliphatic rings. The monoisotopic (exact) mass is 290 g/mol. The second-order valence-corrected chi connectivity index (χ2v) is 4.36. The van der Waals surface area contributed by atoms with E-state index in [4.69, 9.17) is 5.11 Å². The van der Waals surface area contributed by atoms with Gasteiger partial charge in [-0.2, -0.15) is 13.2 Å². The molecule has 2 heterocycles. The third-order valence-electron chi connectivity index (χ3n) is 2.96. The number of carbonyl (C=O) groups is 2. The first-order valence-corrected chi connectivity index (χ1v) is 5.52. The fraction of sp³-hybridized carbons (Fsp3) is 0.364. The highest BCUT2D eigenvalue weighted by Gasteiger charge is 2.37. The van der Waals surface area contributed by atoms with Gasteiger partial charge in [0.05, 0.1) is 5.92 Å². The van der Waals surface area contributed by atoms with E-state index in [0.29, 0.717) is 6.07 Å². The number of rotatable bonds is 2. The third-order valence-corrected chi connectivity index (χ3v) is 2.96. The molecule has 1 aromatic heterocycles. The molecule has 0 unspecified atom stereocenters. The predicted molar refractivity (Wildman–Crippen MR) is 59.1 cm³/mol. The number of carboxylic acid groups (broad SMARTS) is 1. The maximum Gasteiger partial charge on any atom is 0.431 e. The largest absolute Gasteiger partial charge is 0.481 e. The van der Waals surface area contributed by atoms with Crippen molar-refractivity contribution in [3.8, 4) is 0 Å². The molecular formula is C11H9F3N2O4. The average molecular weight is 290 g/mol. The Morgan fingerprint density at radius 2 is 1.90 bits per heavy atom. The number of carbonyl (C=O) groups excluding carboxylic acids is 1. The number of hydrogen-bond donors (Lipinski definition) is 2. The molecule has 0 aliphatic carbocycles. The molecule has 108 valence electrons. The van der Waals surface area contributed by atoms with E-state index in [1.165, 1.54) is 0 Å². The van der Waals surface area contributed by atoms with Crippen LogP contribution in [0.4, 0.5) is 13.2 Å². The molecule has 6 nitrogen and oxygen atoms in total. The van der Waals surface area contributed by atoms with Crippen LogP contribution in [0.25, 0.3) is 0 Å². The zero-order valence-corrected chi connectivity index (χ0v) is 9.90. The van der Waals surface area contributed by atoms with Crippen LogP contribution in [-0.4, -0.2) is 40.0 Å². The smallest absolute Gasteiger partial charge is 0.431 e. The number of aromatic amines is 1. The van der Waals surface area contributed by atoms with Crippen LogP contribution in [0.5, 0.6) is 0 Å². The van der Waals surface area contributed by atoms with Crippen LogP contribution in [0.1, 0.15) is 16.1 Å². The van der Waals surface area contributed by atoms with E-state index in [0.717, 1.165) is 11.0 Å². The first kappa shape index (κ1) is 14.1. The van der Waals surface area contributed by atoms with Crippen molar-refractivity contribution < 1.29 is 27.9 Å². The molecule has 1 fully saturated rings. The number of carboxylic acids is 1. The van der Waals surface area contributed by atoms with E-state index in [1.807, 2.05) is 0 Å². The van der Waals surface area contributed by atoms with Crippen molar-refractivity contribution in [1.29, 1.82) is 0 Å². The number of hydrogen-bond acceptors (Lipinski definition) is 3. The lowest BCUT2D eigenvalue weighted by molar-refractivity contribution is -0.146. The number of halogens is 3. The van der Waals surface area contributed by atoms with Crippen LogP contribution in [0.15, 0.2) is 16.9 Å². The SMILES string of the molecule is O=C(O)C1CN(C(=O)c2ccc(C(F)(F)F)[nH]c2=O)C1. The number of nitrogens with zero attached hydrogens (tertiary/aromatic N) is 1. The zero-order valence-electron chi connectivity index (χ0n) is 9.90. The second-order valence-electron chi connectivity index (χ2n) is 4.36. The quantitative estimate of drug-likeness (QED) is 0.832. The number of H-pyrrole nitrogens is 1. The summed E-state index contributed by atoms with van der Waals surface area (Å²) in [7, 11) is 0. The van der Waals surface area contributed by atoms with Gasteiger partial charge in [-0.25, -0.2) is 0 Å². The lowest BCUT2D eigenvalue weighted by Crippen LogP contribution is -2.53. The Morgan fingerprint density at radius 3 is 2.35 bits per heavy atom. The standard InChI is InChI=1S/C11H9F3N2O4/c12-11(13,14)7-2-1-6(8(17)15-7)9(18)16-3-5(4-16)10(19)20/h1-2,5H,3-4H2,(H,15,17)(H,19,20). The van der Waals surface area contributed by atoms with Crippen molar-refractivity contribution in [2.24, 2.45) is 5.92 Å². The summed E-state index contributed by atoms with van der Waals surface area (Å²) in [5, 5.41) is 8.65. The molecular weight excluding hydrogens is 281 g/mol. The molecule has 0 aromatic carbocycles. The van der Waals surface area contributed by atoms with Crippen molar-refractivity contribution in [2.75, 3.05) is 13.1 Å². The lowest BCUT2D eigenvalue weighted by atomic mass is 9.99. The molecule has 0 bridgehead atoms. The minimum atomic E-state index is -4.70. The average Bonchev–Trinajstić information content (AvgIpc) is 2.24. The minimum absolute atomic E-state index is 0.0609. The number of amides is 1. The summed E-state index contributed by atoms with van der Waals surface area (Å²) in [6.45, 7) is -0.122. The van der Waals surface area contributed by atoms with Crippen LogP contribution < -0.4 is 5.56 Å². The van der Waals surface area contributed by atoms with Crippen LogP contribution in [0.2, 0.25) is 0 Å². The Bertz CT molecular complexity index is 617. The van der Waals surface area contributed by atoms with Gasteiger partial charge in [-0.15, -0.1) is 0 Å². The van der Waals surface area contributed by atoms with E-state index in [2.05, 4.69) is 0 Å². The summed E-state index contributed by atoms with van der Waals surface area (Å²) >= 11 is 0. The molecule has 9 heteroatoms. The Kier molecular flexibility index (Phi) is 3.28. The number of nitrogens with one attached hydrogen (secondary N) is 1. The van der Waals surface area contributed by atoms with E-state index >= 15 is 0 Å². The van der Waals surface area contributed by atoms with Crippen LogP contribution in [0.3, 0.4) is 0 Å². The van der Waals surface area contributed by atoms with Gasteiger partial charge in [-0.3, -0.25) is 14.4 Å². The van der Waals surface area contributed by atoms with Gasteiger partial charge >= 0.3 is 12.1 Å². The lowest BCUT2D eigenvalue weighted by Gasteiger charge is -2.36. The topological polar surface area (TPSA) is 90.5 Å². The molecule has 2 N–H and O–H groups in total. The Balaban J connectivity index is 2.17. The minimum Gasteiger partial charge on any atom is -0.481 e. The molecule has 20 heavy (non-hydrogen) atoms. The van der Waals surface area contributed by atoms with Gasteiger partial charge in [0.2, 0.25) is 0 Å². The molecule has 2 rings (SSSR count). The van der Waals surface area contributed by atoms with Crippen molar-refractivity contribution in [3.63, 3.8) is 0 Å². The van der Waals surface area contributed by atoms with Crippen LogP contribution >= 0.6 is 0 Å². The number of alkyl halides is 3. The van der Waals surface area contributed by atoms with Gasteiger partial charge in [0.15, 0.2) is 0 Å². The van der Waals surface area contributed by atoms with E-state index in [1.54, 1.807) is 4.98 Å². The molecule has 1 amide bonds. The van der Waals surface area contributed by atoms with Crippen LogP contribution in [-0.2, 0) is 11.0 Å². The van der Waals surface area contributed by atoms with Gasteiger partial charge in [-0.05, 0) is 12.1 Å². The normalized spacial score (nSPS) is 15.8. The molecule has 0 saturated carbocycles. The highest BCUT2D eigenvalue weighted by Crippen LogP contribution is 2.26. The van der Waals surface area contributed by atoms with Crippen molar-refractivity contribution in [3.05, 3.63) is 33.7 Å². The summed E-state index contributed by atoms with van der Waals surface area (Å²) in [6.07, 6.45) is -4.70. The highest BCUT2D eigenvalue weighted by molar-refractivity contribution is 5.95. The number of aliphatic carboxylic acids is 1. The summed E-state index contributed by atoms with van der Waals surface area (Å²) in [4.78, 5) is 36.5. The van der Waals surface area contributed by atoms with Gasteiger partial charge in [-0.1, -0.05) is 0 Å². The Labute approximate surface area is 109 Å². The fourth-order valence-electron chi connectivity index (χ4n) is 1.78. The van der Waals surface area contributed by atoms with Gasteiger partial charge < -0.3 is 15.0 Å². The first-order valence-electron chi connectivity index (χ1n) is 5.52. The fourth-order valence-corrected chi connectivity index (χ4v) is 1.78. The summed E-state index contributed by atoms with van der Waals surface area (Å²) in [6, 6.07) is 1.39. The summed E-state index contributed by atoms with van der Waals surface area (Å²) in [5.41, 5.74) is -2.84. The van der Waals surface area contributed by atoms with E-state index in [-0.39, 0.29) is 13.1 Å². The zero-order chi connectivity index (χ0) is 15.1. The number of likely N-dealkylation sites (tertiary alicyclic amines) is 1. The predicted octanol–water partition coefficient (Wildman–Crippen LogP) is 0.550. The van der Waals surface area contributed by atoms with Crippen molar-refractivity contribution >= 4 is 11.9 Å². The van der Waals surface area contributed by atoms with E-state index in [9.17, 15) is 27.6 Å². The number of pyridine rings is 1. The number of aromatic nitrogens is 1. The molecule has 1 saturated heterocycles. The third kappa shape index (κ3) is 2.51. The molecule has 0 spiro atoms. The van der Waals surface area contributed by atoms with Crippen molar-refractivity contribution in [2.45, 2.75) is 6.18 Å². The van der Waals surface area contributed by atoms with Crippen molar-refractivity contribution in [1.82, 2.24) is 9.88 Å². The molecule has 1 aliphatic heterocycles. The maximum absolute atomic E-state index is 12.3. The summed E-state index contributed by atoms with van der Waals surface area (Å²) < 4.78 is 37.0. The Morgan fingerprint density at radius 1 is 1.30 bits per heavy atom. The molecule has 1 aromatic rings. The second kappa shape index (κ2) is 4.66. The van der Waals surface area contributed by atoms with Gasteiger partial charge in [0.25, 0.3) is 11.5 Å². The van der Waals surface area contributed by atoms with E-state index < -0.39 is 40.8 Å². The maximum atomic E-state index is 12.3.